The maximum absolute atomic E-state index is 11.1. The Morgan fingerprint density at radius 3 is 2.75 bits per heavy atom. The predicted octanol–water partition coefficient (Wildman–Crippen LogP) is -0.852. The summed E-state index contributed by atoms with van der Waals surface area (Å²) in [5.41, 5.74) is 4.92. The summed E-state index contributed by atoms with van der Waals surface area (Å²) in [6.07, 6.45) is -0.215. The molecule has 0 bridgehead atoms. The zero-order valence-corrected chi connectivity index (χ0v) is 8.37. The van der Waals surface area contributed by atoms with Gasteiger partial charge in [0.15, 0.2) is 12.5 Å². The van der Waals surface area contributed by atoms with E-state index in [0.717, 1.165) is 0 Å². The number of nitrogens with two attached hydrogens (primary N) is 1. The monoisotopic (exact) mass is 224 g/mol. The van der Waals surface area contributed by atoms with E-state index < -0.39 is 29.6 Å². The Bertz CT molecular complexity index is 412. The van der Waals surface area contributed by atoms with Gasteiger partial charge in [-0.05, 0) is 12.3 Å². The topological polar surface area (TPSA) is 108 Å². The summed E-state index contributed by atoms with van der Waals surface area (Å²) >= 11 is 0. The summed E-state index contributed by atoms with van der Waals surface area (Å²) in [6, 6.07) is 0. The molecule has 0 saturated heterocycles. The van der Waals surface area contributed by atoms with Gasteiger partial charge in [-0.2, -0.15) is 0 Å². The molecule has 0 spiro atoms. The molecule has 2 rings (SSSR count). The van der Waals surface area contributed by atoms with Crippen LogP contribution in [0.4, 0.5) is 0 Å². The first-order chi connectivity index (χ1) is 7.43. The number of carbonyl (C=O) groups is 1. The summed E-state index contributed by atoms with van der Waals surface area (Å²) in [7, 11) is 0. The summed E-state index contributed by atoms with van der Waals surface area (Å²) in [5.74, 6) is -2.45. The van der Waals surface area contributed by atoms with Crippen LogP contribution in [0.5, 0.6) is 0 Å². The van der Waals surface area contributed by atoms with Gasteiger partial charge >= 0.3 is 5.97 Å². The van der Waals surface area contributed by atoms with Gasteiger partial charge < -0.3 is 21.1 Å². The molecule has 0 aromatic rings. The maximum atomic E-state index is 11.1. The highest BCUT2D eigenvalue weighted by molar-refractivity contribution is 5.82. The fourth-order valence-electron chi connectivity index (χ4n) is 2.85. The van der Waals surface area contributed by atoms with Gasteiger partial charge in [0, 0.05) is 11.8 Å². The lowest BCUT2D eigenvalue weighted by Crippen LogP contribution is -2.49. The molecular formula is C10H12N2O4. The third-order valence-electron chi connectivity index (χ3n) is 3.57. The van der Waals surface area contributed by atoms with Crippen LogP contribution in [0.25, 0.3) is 4.85 Å². The fraction of sp³-hybridized carbons (Fsp3) is 0.600. The third-order valence-corrected chi connectivity index (χ3v) is 3.57. The van der Waals surface area contributed by atoms with Crippen LogP contribution >= 0.6 is 0 Å². The predicted molar refractivity (Wildman–Crippen MR) is 52.6 cm³/mol. The van der Waals surface area contributed by atoms with E-state index in [-0.39, 0.29) is 12.3 Å². The van der Waals surface area contributed by atoms with Crippen LogP contribution in [0, 0.1) is 24.3 Å². The molecule has 4 unspecified atom stereocenters. The molecule has 0 aromatic heterocycles. The average molecular weight is 224 g/mol. The first-order valence-corrected chi connectivity index (χ1v) is 4.87. The molecule has 0 aromatic carbocycles. The standard InChI is InChI=1S/C10H12N2O4/c1-12-3-4-2-10(11,9(15)16)7-5(4)6(7)8(13)14/h3,5-8,13-14H,2,11H2,(H,15,16)/b4-3-. The van der Waals surface area contributed by atoms with Gasteiger partial charge in [0.25, 0.3) is 0 Å². The maximum Gasteiger partial charge on any atom is 0.324 e. The Balaban J connectivity index is 2.33. The number of aliphatic carboxylic acids is 1. The summed E-state index contributed by atoms with van der Waals surface area (Å²) in [4.78, 5) is 14.2. The summed E-state index contributed by atoms with van der Waals surface area (Å²) in [5, 5.41) is 27.3. The Hall–Kier alpha value is -1.42. The lowest BCUT2D eigenvalue weighted by Gasteiger charge is -2.23. The first-order valence-electron chi connectivity index (χ1n) is 4.87. The second-order valence-electron chi connectivity index (χ2n) is 4.40. The highest BCUT2D eigenvalue weighted by Crippen LogP contribution is 2.64. The SMILES string of the molecule is [C-]#[N+]/C=C1/CC(N)(C(=O)O)C2C1C2C(O)O. The van der Waals surface area contributed by atoms with E-state index in [4.69, 9.17) is 27.6 Å². The Kier molecular flexibility index (Phi) is 2.27. The van der Waals surface area contributed by atoms with Gasteiger partial charge in [-0.3, -0.25) is 4.79 Å². The summed E-state index contributed by atoms with van der Waals surface area (Å²) in [6.45, 7) is 6.72. The molecule has 16 heavy (non-hydrogen) atoms. The molecule has 0 heterocycles. The lowest BCUT2D eigenvalue weighted by atomic mass is 9.90. The smallest absolute Gasteiger partial charge is 0.324 e. The molecule has 0 aliphatic heterocycles. The normalized spacial score (nSPS) is 43.2. The van der Waals surface area contributed by atoms with Crippen molar-refractivity contribution in [3.05, 3.63) is 23.2 Å². The third kappa shape index (κ3) is 1.26. The zero-order valence-electron chi connectivity index (χ0n) is 8.37. The summed E-state index contributed by atoms with van der Waals surface area (Å²) < 4.78 is 0. The molecule has 2 aliphatic rings. The molecule has 86 valence electrons. The lowest BCUT2D eigenvalue weighted by molar-refractivity contribution is -0.144. The van der Waals surface area contributed by atoms with Gasteiger partial charge in [-0.25, -0.2) is 4.85 Å². The molecule has 2 aliphatic carbocycles. The quantitative estimate of drug-likeness (QED) is 0.361. The number of hydrogen-bond acceptors (Lipinski definition) is 4. The fourth-order valence-corrected chi connectivity index (χ4v) is 2.85. The van der Waals surface area contributed by atoms with E-state index in [1.807, 2.05) is 0 Å². The molecule has 2 saturated carbocycles. The van der Waals surface area contributed by atoms with Crippen LogP contribution < -0.4 is 5.73 Å². The van der Waals surface area contributed by atoms with Crippen LogP contribution in [0.2, 0.25) is 0 Å². The zero-order chi connectivity index (χ0) is 12.1. The van der Waals surface area contributed by atoms with Crippen molar-refractivity contribution in [2.45, 2.75) is 18.2 Å². The van der Waals surface area contributed by atoms with Crippen molar-refractivity contribution in [1.29, 1.82) is 0 Å². The first kappa shape index (κ1) is 11.1. The van der Waals surface area contributed by atoms with Crippen LogP contribution in [0.1, 0.15) is 6.42 Å². The van der Waals surface area contributed by atoms with Gasteiger partial charge in [0.05, 0.1) is 6.57 Å². The molecule has 0 amide bonds. The van der Waals surface area contributed by atoms with Crippen molar-refractivity contribution in [2.75, 3.05) is 0 Å². The number of fused-ring (bicyclic) bond motifs is 1. The van der Waals surface area contributed by atoms with Gasteiger partial charge in [-0.1, -0.05) is 5.57 Å². The Morgan fingerprint density at radius 1 is 1.69 bits per heavy atom. The minimum absolute atomic E-state index is 0.114. The number of carboxylic acids is 1. The molecule has 6 heteroatoms. The van der Waals surface area contributed by atoms with E-state index in [1.54, 1.807) is 0 Å². The van der Waals surface area contributed by atoms with E-state index >= 15 is 0 Å². The van der Waals surface area contributed by atoms with E-state index in [9.17, 15) is 4.79 Å². The minimum Gasteiger partial charge on any atom is -0.480 e. The van der Waals surface area contributed by atoms with Crippen molar-refractivity contribution in [3.8, 4) is 0 Å². The Labute approximate surface area is 91.8 Å². The van der Waals surface area contributed by atoms with Crippen molar-refractivity contribution < 1.29 is 20.1 Å². The van der Waals surface area contributed by atoms with Crippen LogP contribution in [-0.4, -0.2) is 33.1 Å². The van der Waals surface area contributed by atoms with E-state index in [1.165, 1.54) is 6.20 Å². The Morgan fingerprint density at radius 2 is 2.31 bits per heavy atom. The molecule has 6 nitrogen and oxygen atoms in total. The van der Waals surface area contributed by atoms with Gasteiger partial charge in [0.1, 0.15) is 5.54 Å². The van der Waals surface area contributed by atoms with Gasteiger partial charge in [-0.15, -0.1) is 0 Å². The second kappa shape index (κ2) is 3.28. The van der Waals surface area contributed by atoms with Crippen molar-refractivity contribution in [3.63, 3.8) is 0 Å². The molecule has 4 atom stereocenters. The minimum atomic E-state index is -1.58. The van der Waals surface area contributed by atoms with Gasteiger partial charge in [0.2, 0.25) is 0 Å². The van der Waals surface area contributed by atoms with E-state index in [0.29, 0.717) is 5.57 Å². The van der Waals surface area contributed by atoms with Crippen LogP contribution in [0.3, 0.4) is 0 Å². The number of nitrogens with zero attached hydrogens (tertiary/aromatic N) is 1. The van der Waals surface area contributed by atoms with Crippen molar-refractivity contribution in [1.82, 2.24) is 0 Å². The highest BCUT2D eigenvalue weighted by Gasteiger charge is 2.70. The molecule has 2 fully saturated rings. The molecular weight excluding hydrogens is 212 g/mol. The molecule has 5 N–H and O–H groups in total. The van der Waals surface area contributed by atoms with Crippen LogP contribution in [0.15, 0.2) is 11.8 Å². The molecule has 0 radical (unpaired) electrons. The number of rotatable bonds is 2. The number of aliphatic hydroxyl groups is 2. The van der Waals surface area contributed by atoms with E-state index in [2.05, 4.69) is 4.85 Å². The number of hydrogen-bond donors (Lipinski definition) is 4. The number of carboxylic acid groups (broad SMARTS) is 1. The largest absolute Gasteiger partial charge is 0.480 e. The number of aliphatic hydroxyl groups excluding tert-OH is 1. The highest BCUT2D eigenvalue weighted by atomic mass is 16.5. The van der Waals surface area contributed by atoms with Crippen molar-refractivity contribution in [2.24, 2.45) is 23.5 Å². The second-order valence-corrected chi connectivity index (χ2v) is 4.40. The van der Waals surface area contributed by atoms with Crippen molar-refractivity contribution >= 4 is 5.97 Å². The van der Waals surface area contributed by atoms with Crippen LogP contribution in [-0.2, 0) is 4.79 Å². The average Bonchev–Trinajstić information content (AvgIpc) is 2.85.